The number of fused-ring (bicyclic) bond motifs is 1. The third-order valence-corrected chi connectivity index (χ3v) is 7.17. The summed E-state index contributed by atoms with van der Waals surface area (Å²) in [7, 11) is -3.55. The van der Waals surface area contributed by atoms with Crippen LogP contribution in [0.1, 0.15) is 63.1 Å². The molecule has 3 heterocycles. The SMILES string of the molecule is CC(C)c1noc(C2CCC(Oc3ncnc4c3nnn4-c3ccc(S(C)(=O)=O)cc3F)CC2)n1. The number of halogens is 1. The lowest BCUT2D eigenvalue weighted by Crippen LogP contribution is -2.24. The average molecular weight is 502 g/mol. The molecule has 4 aromatic rings. The van der Waals surface area contributed by atoms with Crippen molar-refractivity contribution in [3.05, 3.63) is 42.1 Å². The molecule has 13 heteroatoms. The first kappa shape index (κ1) is 23.3. The Kier molecular flexibility index (Phi) is 5.95. The third-order valence-electron chi connectivity index (χ3n) is 6.06. The summed E-state index contributed by atoms with van der Waals surface area (Å²) >= 11 is 0. The van der Waals surface area contributed by atoms with Crippen LogP contribution in [0.15, 0.2) is 33.9 Å². The van der Waals surface area contributed by atoms with Crippen molar-refractivity contribution in [3.8, 4) is 11.6 Å². The molecule has 0 aliphatic heterocycles. The minimum absolute atomic E-state index is 0.0189. The highest BCUT2D eigenvalue weighted by atomic mass is 32.2. The summed E-state index contributed by atoms with van der Waals surface area (Å²) in [6.07, 6.45) is 5.44. The average Bonchev–Trinajstić information content (AvgIpc) is 3.47. The van der Waals surface area contributed by atoms with E-state index in [9.17, 15) is 12.8 Å². The first-order valence-electron chi connectivity index (χ1n) is 11.3. The van der Waals surface area contributed by atoms with E-state index in [0.717, 1.165) is 38.0 Å². The summed E-state index contributed by atoms with van der Waals surface area (Å²) < 4.78 is 50.9. The predicted molar refractivity (Wildman–Crippen MR) is 122 cm³/mol. The van der Waals surface area contributed by atoms with Crippen LogP contribution in [0.25, 0.3) is 16.9 Å². The Balaban J connectivity index is 1.33. The van der Waals surface area contributed by atoms with Crippen molar-refractivity contribution in [2.75, 3.05) is 6.26 Å². The van der Waals surface area contributed by atoms with E-state index in [0.29, 0.717) is 17.2 Å². The molecule has 3 aromatic heterocycles. The summed E-state index contributed by atoms with van der Waals surface area (Å²) in [5.74, 6) is 1.29. The first-order valence-corrected chi connectivity index (χ1v) is 13.2. The molecule has 1 fully saturated rings. The largest absolute Gasteiger partial charge is 0.473 e. The molecule has 1 aliphatic carbocycles. The van der Waals surface area contributed by atoms with E-state index in [-0.39, 0.29) is 40.0 Å². The van der Waals surface area contributed by atoms with E-state index in [4.69, 9.17) is 9.26 Å². The maximum absolute atomic E-state index is 14.7. The topological polar surface area (TPSA) is 139 Å². The van der Waals surface area contributed by atoms with Crippen molar-refractivity contribution in [1.82, 2.24) is 35.1 Å². The van der Waals surface area contributed by atoms with Crippen molar-refractivity contribution in [2.24, 2.45) is 0 Å². The number of nitrogens with zero attached hydrogens (tertiary/aromatic N) is 7. The molecule has 0 atom stereocenters. The number of benzene rings is 1. The zero-order chi connectivity index (χ0) is 24.7. The van der Waals surface area contributed by atoms with Crippen molar-refractivity contribution in [3.63, 3.8) is 0 Å². The Labute approximate surface area is 200 Å². The van der Waals surface area contributed by atoms with Gasteiger partial charge < -0.3 is 9.26 Å². The standard InChI is InChI=1S/C22H24FN7O4S/c1-12(2)19-26-21(34-28-19)13-4-6-14(7-5-13)33-22-18-20(24-11-25-22)30(29-27-18)17-9-8-15(10-16(17)23)35(3,31)32/h8-14H,4-7H2,1-3H3. The number of sulfone groups is 1. The quantitative estimate of drug-likeness (QED) is 0.386. The Morgan fingerprint density at radius 3 is 2.60 bits per heavy atom. The minimum Gasteiger partial charge on any atom is -0.473 e. The van der Waals surface area contributed by atoms with Crippen LogP contribution in [0.4, 0.5) is 4.39 Å². The van der Waals surface area contributed by atoms with Crippen molar-refractivity contribution < 1.29 is 22.1 Å². The normalized spacial score (nSPS) is 18.9. The summed E-state index contributed by atoms with van der Waals surface area (Å²) in [6, 6.07) is 3.58. The van der Waals surface area contributed by atoms with Gasteiger partial charge in [-0.1, -0.05) is 24.2 Å². The second-order valence-electron chi connectivity index (χ2n) is 8.97. The molecule has 0 spiro atoms. The maximum atomic E-state index is 14.7. The number of rotatable bonds is 6. The lowest BCUT2D eigenvalue weighted by Gasteiger charge is -2.26. The summed E-state index contributed by atoms with van der Waals surface area (Å²) in [6.45, 7) is 4.05. The van der Waals surface area contributed by atoms with Gasteiger partial charge in [-0.25, -0.2) is 17.8 Å². The molecule has 35 heavy (non-hydrogen) atoms. The number of aromatic nitrogens is 7. The molecule has 0 bridgehead atoms. The van der Waals surface area contributed by atoms with E-state index in [1.165, 1.54) is 23.1 Å². The van der Waals surface area contributed by atoms with Gasteiger partial charge in [0.25, 0.3) is 0 Å². The monoisotopic (exact) mass is 501 g/mol. The van der Waals surface area contributed by atoms with Crippen LogP contribution in [-0.2, 0) is 9.84 Å². The maximum Gasteiger partial charge on any atom is 0.247 e. The van der Waals surface area contributed by atoms with Crippen LogP contribution in [0.2, 0.25) is 0 Å². The van der Waals surface area contributed by atoms with Gasteiger partial charge in [-0.15, -0.1) is 5.10 Å². The Morgan fingerprint density at radius 1 is 1.17 bits per heavy atom. The fraction of sp³-hybridized carbons (Fsp3) is 0.455. The molecular weight excluding hydrogens is 477 g/mol. The first-order chi connectivity index (χ1) is 16.7. The van der Waals surface area contributed by atoms with Crippen LogP contribution in [0.3, 0.4) is 0 Å². The van der Waals surface area contributed by atoms with Crippen LogP contribution < -0.4 is 4.74 Å². The van der Waals surface area contributed by atoms with Gasteiger partial charge in [-0.2, -0.15) is 14.6 Å². The third kappa shape index (κ3) is 4.59. The Morgan fingerprint density at radius 2 is 1.94 bits per heavy atom. The minimum atomic E-state index is -3.55. The second-order valence-corrected chi connectivity index (χ2v) is 11.0. The molecule has 0 N–H and O–H groups in total. The number of hydrogen-bond acceptors (Lipinski definition) is 10. The van der Waals surface area contributed by atoms with Crippen LogP contribution in [-0.4, -0.2) is 55.9 Å². The highest BCUT2D eigenvalue weighted by Crippen LogP contribution is 2.35. The lowest BCUT2D eigenvalue weighted by molar-refractivity contribution is 0.135. The van der Waals surface area contributed by atoms with Crippen LogP contribution in [0, 0.1) is 5.82 Å². The van der Waals surface area contributed by atoms with Gasteiger partial charge in [0, 0.05) is 18.1 Å². The molecule has 5 rings (SSSR count). The lowest BCUT2D eigenvalue weighted by atomic mass is 9.87. The number of ether oxygens (including phenoxy) is 1. The molecule has 1 aliphatic rings. The molecule has 0 amide bonds. The van der Waals surface area contributed by atoms with Crippen LogP contribution >= 0.6 is 0 Å². The molecular formula is C22H24FN7O4S. The van der Waals surface area contributed by atoms with E-state index >= 15 is 0 Å². The van der Waals surface area contributed by atoms with Crippen molar-refractivity contribution in [1.29, 1.82) is 0 Å². The predicted octanol–water partition coefficient (Wildman–Crippen LogP) is 3.36. The fourth-order valence-corrected chi connectivity index (χ4v) is 4.73. The summed E-state index contributed by atoms with van der Waals surface area (Å²) in [4.78, 5) is 12.8. The zero-order valence-corrected chi connectivity index (χ0v) is 20.2. The smallest absolute Gasteiger partial charge is 0.247 e. The second kappa shape index (κ2) is 8.95. The molecule has 0 radical (unpaired) electrons. The Hall–Kier alpha value is -3.48. The molecule has 184 valence electrons. The van der Waals surface area contributed by atoms with Gasteiger partial charge >= 0.3 is 0 Å². The van der Waals surface area contributed by atoms with Gasteiger partial charge in [0.1, 0.15) is 23.9 Å². The number of hydrogen-bond donors (Lipinski definition) is 0. The highest BCUT2D eigenvalue weighted by Gasteiger charge is 2.29. The van der Waals surface area contributed by atoms with Gasteiger partial charge in [0.05, 0.1) is 4.90 Å². The fourth-order valence-electron chi connectivity index (χ4n) is 4.10. The summed E-state index contributed by atoms with van der Waals surface area (Å²) in [5.41, 5.74) is 0.562. The van der Waals surface area contributed by atoms with Crippen molar-refractivity contribution >= 4 is 21.0 Å². The van der Waals surface area contributed by atoms with E-state index in [1.54, 1.807) is 0 Å². The highest BCUT2D eigenvalue weighted by molar-refractivity contribution is 7.90. The van der Waals surface area contributed by atoms with E-state index in [2.05, 4.69) is 30.4 Å². The molecule has 0 saturated heterocycles. The van der Waals surface area contributed by atoms with Gasteiger partial charge in [0.15, 0.2) is 26.8 Å². The van der Waals surface area contributed by atoms with Crippen molar-refractivity contribution in [2.45, 2.75) is 62.4 Å². The van der Waals surface area contributed by atoms with E-state index < -0.39 is 15.7 Å². The van der Waals surface area contributed by atoms with E-state index in [1.807, 2.05) is 13.8 Å². The molecule has 1 saturated carbocycles. The summed E-state index contributed by atoms with van der Waals surface area (Å²) in [5, 5.41) is 12.2. The van der Waals surface area contributed by atoms with Gasteiger partial charge in [-0.3, -0.25) is 0 Å². The molecule has 1 aromatic carbocycles. The Bertz CT molecular complexity index is 1480. The molecule has 0 unspecified atom stereocenters. The molecule has 11 nitrogen and oxygen atoms in total. The van der Waals surface area contributed by atoms with Crippen LogP contribution in [0.5, 0.6) is 5.88 Å². The zero-order valence-electron chi connectivity index (χ0n) is 19.4. The van der Waals surface area contributed by atoms with Gasteiger partial charge in [0.2, 0.25) is 11.8 Å². The van der Waals surface area contributed by atoms with Gasteiger partial charge in [-0.05, 0) is 43.9 Å².